The smallest absolute Gasteiger partial charge is 0.0325 e. The molecule has 31 heavy (non-hydrogen) atoms. The molecule has 4 aromatic carbocycles. The summed E-state index contributed by atoms with van der Waals surface area (Å²) in [6, 6.07) is 37.7. The quantitative estimate of drug-likeness (QED) is 0.335. The average molecular weight is 441 g/mol. The van der Waals surface area contributed by atoms with E-state index in [-0.39, 0.29) is 0 Å². The molecular formula is C28H29NP2. The molecule has 4 aromatic rings. The maximum absolute atomic E-state index is 2.67. The van der Waals surface area contributed by atoms with Crippen LogP contribution in [-0.4, -0.2) is 11.5 Å². The van der Waals surface area contributed by atoms with E-state index in [0.29, 0.717) is 0 Å². The zero-order valence-electron chi connectivity index (χ0n) is 18.7. The molecule has 0 heterocycles. The van der Waals surface area contributed by atoms with Gasteiger partial charge in [0, 0.05) is 16.1 Å². The molecule has 0 saturated carbocycles. The van der Waals surface area contributed by atoms with Crippen LogP contribution in [0.25, 0.3) is 0 Å². The summed E-state index contributed by atoms with van der Waals surface area (Å²) in [6.07, 6.45) is 0. The first kappa shape index (κ1) is 21.9. The Kier molecular flexibility index (Phi) is 6.99. The van der Waals surface area contributed by atoms with Gasteiger partial charge >= 0.3 is 0 Å². The summed E-state index contributed by atoms with van der Waals surface area (Å²) in [5.41, 5.74) is 4.07. The van der Waals surface area contributed by atoms with Crippen LogP contribution < -0.4 is 21.2 Å². The van der Waals surface area contributed by atoms with E-state index in [1.165, 1.54) is 37.9 Å². The van der Waals surface area contributed by atoms with Crippen LogP contribution in [0.3, 0.4) is 0 Å². The summed E-state index contributed by atoms with van der Waals surface area (Å²) < 4.78 is 2.67. The Hall–Kier alpha value is -2.30. The lowest BCUT2D eigenvalue weighted by Crippen LogP contribution is -2.31. The van der Waals surface area contributed by atoms with Crippen molar-refractivity contribution in [3.63, 3.8) is 0 Å². The Morgan fingerprint density at radius 2 is 0.806 bits per heavy atom. The Morgan fingerprint density at radius 3 is 1.23 bits per heavy atom. The number of hydrogen-bond acceptors (Lipinski definition) is 1. The van der Waals surface area contributed by atoms with E-state index in [0.717, 1.165) is 0 Å². The predicted molar refractivity (Wildman–Crippen MR) is 140 cm³/mol. The number of benzene rings is 4. The van der Waals surface area contributed by atoms with Gasteiger partial charge in [-0.05, 0) is 65.7 Å². The molecule has 0 aliphatic rings. The third-order valence-corrected chi connectivity index (χ3v) is 11.5. The Bertz CT molecular complexity index is 1110. The minimum atomic E-state index is -0.691. The highest BCUT2D eigenvalue weighted by molar-refractivity contribution is 7.84. The zero-order chi connectivity index (χ0) is 21.8. The van der Waals surface area contributed by atoms with Gasteiger partial charge in [-0.15, -0.1) is 0 Å². The van der Waals surface area contributed by atoms with Crippen LogP contribution in [0.15, 0.2) is 103 Å². The Morgan fingerprint density at radius 1 is 0.452 bits per heavy atom. The maximum Gasteiger partial charge on any atom is 0.0325 e. The summed E-state index contributed by atoms with van der Waals surface area (Å²) in [5, 5.41) is 5.70. The van der Waals surface area contributed by atoms with Crippen LogP contribution >= 0.6 is 16.1 Å². The van der Waals surface area contributed by atoms with Crippen LogP contribution in [0.1, 0.15) is 16.7 Å². The fourth-order valence-corrected chi connectivity index (χ4v) is 10.0. The topological polar surface area (TPSA) is 3.24 Å². The third-order valence-electron chi connectivity index (χ3n) is 5.61. The molecule has 156 valence electrons. The van der Waals surface area contributed by atoms with Gasteiger partial charge in [-0.3, -0.25) is 0 Å². The third kappa shape index (κ3) is 4.65. The van der Waals surface area contributed by atoms with E-state index < -0.39 is 16.1 Å². The van der Waals surface area contributed by atoms with Gasteiger partial charge in [0.1, 0.15) is 0 Å². The van der Waals surface area contributed by atoms with E-state index in [1.54, 1.807) is 0 Å². The first-order valence-electron chi connectivity index (χ1n) is 10.6. The van der Waals surface area contributed by atoms with Gasteiger partial charge in [0.2, 0.25) is 0 Å². The molecule has 0 aromatic heterocycles. The van der Waals surface area contributed by atoms with Crippen LogP contribution in [0.4, 0.5) is 0 Å². The van der Waals surface area contributed by atoms with Crippen LogP contribution in [0.5, 0.6) is 0 Å². The standard InChI is InChI=1S/C28H29NP2/c1-22-14-8-11-19-26(22)30(25-17-6-5-7-18-25)29(4)31(27-20-12-9-15-23(27)2)28-21-13-10-16-24(28)3/h5-21H,1-4H3. The van der Waals surface area contributed by atoms with Crippen LogP contribution in [0.2, 0.25) is 0 Å². The zero-order valence-corrected chi connectivity index (χ0v) is 20.4. The minimum Gasteiger partial charge on any atom is -0.248 e. The van der Waals surface area contributed by atoms with E-state index in [1.807, 2.05) is 0 Å². The second-order valence-corrected chi connectivity index (χ2v) is 12.5. The van der Waals surface area contributed by atoms with Crippen LogP contribution in [-0.2, 0) is 0 Å². The highest BCUT2D eigenvalue weighted by Crippen LogP contribution is 2.54. The van der Waals surface area contributed by atoms with Gasteiger partial charge in [-0.2, -0.15) is 0 Å². The Labute approximate surface area is 189 Å². The summed E-state index contributed by atoms with van der Waals surface area (Å²) in [7, 11) is 0.956. The molecule has 1 nitrogen and oxygen atoms in total. The molecule has 0 spiro atoms. The van der Waals surface area contributed by atoms with E-state index >= 15 is 0 Å². The molecule has 3 heteroatoms. The summed E-state index contributed by atoms with van der Waals surface area (Å²) in [4.78, 5) is 0. The molecule has 0 amide bonds. The van der Waals surface area contributed by atoms with Crippen molar-refractivity contribution in [2.45, 2.75) is 20.8 Å². The molecule has 4 rings (SSSR count). The normalized spacial score (nSPS) is 12.3. The van der Waals surface area contributed by atoms with Gasteiger partial charge < -0.3 is 0 Å². The lowest BCUT2D eigenvalue weighted by molar-refractivity contribution is 0.911. The SMILES string of the molecule is Cc1ccccc1P(c1ccccc1)N(C)P(c1ccccc1C)c1ccccc1C. The average Bonchev–Trinajstić information content (AvgIpc) is 2.79. The van der Waals surface area contributed by atoms with Gasteiger partial charge in [-0.1, -0.05) is 103 Å². The number of rotatable bonds is 6. The monoisotopic (exact) mass is 441 g/mol. The predicted octanol–water partition coefficient (Wildman–Crippen LogP) is 5.94. The van der Waals surface area contributed by atoms with Crippen molar-refractivity contribution in [3.8, 4) is 0 Å². The van der Waals surface area contributed by atoms with Gasteiger partial charge in [0.15, 0.2) is 0 Å². The summed E-state index contributed by atoms with van der Waals surface area (Å²) in [6.45, 7) is 6.73. The van der Waals surface area contributed by atoms with Gasteiger partial charge in [0.25, 0.3) is 0 Å². The molecular weight excluding hydrogens is 412 g/mol. The van der Waals surface area contributed by atoms with Crippen molar-refractivity contribution in [1.82, 2.24) is 4.44 Å². The molecule has 0 N–H and O–H groups in total. The van der Waals surface area contributed by atoms with Crippen molar-refractivity contribution >= 4 is 37.4 Å². The van der Waals surface area contributed by atoms with E-state index in [2.05, 4.69) is 135 Å². The lowest BCUT2D eigenvalue weighted by Gasteiger charge is -2.38. The lowest BCUT2D eigenvalue weighted by atomic mass is 10.2. The van der Waals surface area contributed by atoms with E-state index in [9.17, 15) is 0 Å². The highest BCUT2D eigenvalue weighted by Gasteiger charge is 2.30. The number of hydrogen-bond donors (Lipinski definition) is 0. The fraction of sp³-hybridized carbons (Fsp3) is 0.143. The molecule has 0 aliphatic carbocycles. The van der Waals surface area contributed by atoms with Crippen molar-refractivity contribution in [2.75, 3.05) is 7.05 Å². The molecule has 0 fully saturated rings. The van der Waals surface area contributed by atoms with E-state index in [4.69, 9.17) is 0 Å². The second kappa shape index (κ2) is 9.88. The highest BCUT2D eigenvalue weighted by atomic mass is 31.2. The summed E-state index contributed by atoms with van der Waals surface area (Å²) in [5.74, 6) is 0. The second-order valence-electron chi connectivity index (χ2n) is 7.81. The maximum atomic E-state index is 2.67. The fourth-order valence-electron chi connectivity index (χ4n) is 3.97. The summed E-state index contributed by atoms with van der Waals surface area (Å²) >= 11 is 0. The molecule has 0 saturated heterocycles. The largest absolute Gasteiger partial charge is 0.248 e. The van der Waals surface area contributed by atoms with Crippen molar-refractivity contribution < 1.29 is 0 Å². The molecule has 0 aliphatic heterocycles. The van der Waals surface area contributed by atoms with Gasteiger partial charge in [0.05, 0.1) is 0 Å². The number of aryl methyl sites for hydroxylation is 3. The van der Waals surface area contributed by atoms with Crippen molar-refractivity contribution in [1.29, 1.82) is 0 Å². The van der Waals surface area contributed by atoms with Crippen molar-refractivity contribution in [3.05, 3.63) is 120 Å². The van der Waals surface area contributed by atoms with Gasteiger partial charge in [-0.25, -0.2) is 4.44 Å². The molecule has 1 unspecified atom stereocenters. The Balaban J connectivity index is 1.93. The molecule has 0 radical (unpaired) electrons. The number of nitrogens with zero attached hydrogens (tertiary/aromatic N) is 1. The molecule has 0 bridgehead atoms. The van der Waals surface area contributed by atoms with Crippen LogP contribution in [0, 0.1) is 20.8 Å². The van der Waals surface area contributed by atoms with Crippen molar-refractivity contribution in [2.24, 2.45) is 0 Å². The first-order chi connectivity index (χ1) is 15.1. The molecule has 1 atom stereocenters. The minimum absolute atomic E-state index is 0.682. The first-order valence-corrected chi connectivity index (χ1v) is 13.2.